The molecule has 20 heavy (non-hydrogen) atoms. The molecule has 0 aromatic heterocycles. The lowest BCUT2D eigenvalue weighted by Gasteiger charge is -2.18. The molecule has 1 fully saturated rings. The number of halogens is 2. The molecular formula is C13H14Cl2N2O3. The van der Waals surface area contributed by atoms with Crippen LogP contribution >= 0.6 is 23.2 Å². The van der Waals surface area contributed by atoms with Crippen molar-refractivity contribution >= 4 is 40.9 Å². The highest BCUT2D eigenvalue weighted by molar-refractivity contribution is 6.43. The number of hydrogen-bond acceptors (Lipinski definition) is 2. The second-order valence-electron chi connectivity index (χ2n) is 4.68. The van der Waals surface area contributed by atoms with Gasteiger partial charge in [-0.1, -0.05) is 35.7 Å². The third-order valence-electron chi connectivity index (χ3n) is 3.35. The van der Waals surface area contributed by atoms with E-state index in [1.807, 2.05) is 0 Å². The van der Waals surface area contributed by atoms with Crippen molar-refractivity contribution in [2.45, 2.75) is 25.3 Å². The summed E-state index contributed by atoms with van der Waals surface area (Å²) >= 11 is 11.8. The van der Waals surface area contributed by atoms with E-state index in [1.54, 1.807) is 18.2 Å². The van der Waals surface area contributed by atoms with Crippen molar-refractivity contribution in [3.8, 4) is 0 Å². The van der Waals surface area contributed by atoms with Crippen LogP contribution in [-0.2, 0) is 4.79 Å². The summed E-state index contributed by atoms with van der Waals surface area (Å²) in [5.74, 6) is -1.41. The van der Waals surface area contributed by atoms with E-state index in [1.165, 1.54) is 0 Å². The number of rotatable bonds is 3. The fourth-order valence-corrected chi connectivity index (χ4v) is 2.70. The van der Waals surface area contributed by atoms with Crippen molar-refractivity contribution in [2.24, 2.45) is 5.92 Å². The zero-order chi connectivity index (χ0) is 14.7. The summed E-state index contributed by atoms with van der Waals surface area (Å²) in [5, 5.41) is 14.9. The number of benzene rings is 1. The minimum atomic E-state index is -0.881. The Balaban J connectivity index is 1.99. The number of carboxylic acids is 1. The van der Waals surface area contributed by atoms with Gasteiger partial charge in [0.25, 0.3) is 0 Å². The first-order valence-corrected chi connectivity index (χ1v) is 6.99. The predicted molar refractivity (Wildman–Crippen MR) is 77.4 cm³/mol. The van der Waals surface area contributed by atoms with Crippen molar-refractivity contribution in [3.05, 3.63) is 28.2 Å². The number of carboxylic acid groups (broad SMARTS) is 1. The van der Waals surface area contributed by atoms with Crippen LogP contribution < -0.4 is 10.6 Å². The molecule has 1 aliphatic carbocycles. The third kappa shape index (κ3) is 3.35. The maximum atomic E-state index is 11.9. The molecule has 1 aromatic rings. The van der Waals surface area contributed by atoms with Crippen LogP contribution in [0, 0.1) is 5.92 Å². The van der Waals surface area contributed by atoms with Crippen LogP contribution in [0.15, 0.2) is 18.2 Å². The van der Waals surface area contributed by atoms with Crippen molar-refractivity contribution in [3.63, 3.8) is 0 Å². The average Bonchev–Trinajstić information content (AvgIpc) is 2.83. The van der Waals surface area contributed by atoms with Gasteiger partial charge < -0.3 is 15.7 Å². The van der Waals surface area contributed by atoms with E-state index >= 15 is 0 Å². The number of aliphatic carboxylic acids is 1. The van der Waals surface area contributed by atoms with E-state index in [4.69, 9.17) is 28.3 Å². The summed E-state index contributed by atoms with van der Waals surface area (Å²) in [6.07, 6.45) is 2.03. The van der Waals surface area contributed by atoms with E-state index in [9.17, 15) is 9.59 Å². The minimum Gasteiger partial charge on any atom is -0.481 e. The van der Waals surface area contributed by atoms with Crippen LogP contribution in [-0.4, -0.2) is 23.1 Å². The Morgan fingerprint density at radius 2 is 2.00 bits per heavy atom. The number of amides is 2. The molecule has 3 N–H and O–H groups in total. The molecule has 1 aliphatic rings. The molecule has 2 rings (SSSR count). The number of hydrogen-bond donors (Lipinski definition) is 3. The first-order valence-electron chi connectivity index (χ1n) is 6.23. The number of anilines is 1. The van der Waals surface area contributed by atoms with Gasteiger partial charge >= 0.3 is 12.0 Å². The van der Waals surface area contributed by atoms with Gasteiger partial charge in [0, 0.05) is 6.04 Å². The van der Waals surface area contributed by atoms with Crippen molar-refractivity contribution in [1.82, 2.24) is 5.32 Å². The molecule has 0 spiro atoms. The van der Waals surface area contributed by atoms with Crippen LogP contribution in [0.25, 0.3) is 0 Å². The van der Waals surface area contributed by atoms with Gasteiger partial charge in [-0.05, 0) is 25.0 Å². The van der Waals surface area contributed by atoms with E-state index in [0.29, 0.717) is 23.6 Å². The molecule has 1 aromatic carbocycles. The van der Waals surface area contributed by atoms with E-state index in [2.05, 4.69) is 10.6 Å². The average molecular weight is 317 g/mol. The summed E-state index contributed by atoms with van der Waals surface area (Å²) in [6.45, 7) is 0. The molecule has 0 aliphatic heterocycles. The lowest BCUT2D eigenvalue weighted by molar-refractivity contribution is -0.142. The summed E-state index contributed by atoms with van der Waals surface area (Å²) in [7, 11) is 0. The first kappa shape index (κ1) is 14.9. The summed E-state index contributed by atoms with van der Waals surface area (Å²) in [6, 6.07) is 4.07. The highest BCUT2D eigenvalue weighted by atomic mass is 35.5. The number of carbonyl (C=O) groups excluding carboxylic acids is 1. The molecule has 7 heteroatoms. The Hall–Kier alpha value is -1.46. The number of nitrogens with one attached hydrogen (secondary N) is 2. The smallest absolute Gasteiger partial charge is 0.319 e. The molecular weight excluding hydrogens is 303 g/mol. The second kappa shape index (κ2) is 6.33. The highest BCUT2D eigenvalue weighted by Crippen LogP contribution is 2.30. The fraction of sp³-hybridized carbons (Fsp3) is 0.385. The lowest BCUT2D eigenvalue weighted by Crippen LogP contribution is -2.42. The Labute approximate surface area is 126 Å². The Morgan fingerprint density at radius 1 is 1.25 bits per heavy atom. The maximum absolute atomic E-state index is 11.9. The van der Waals surface area contributed by atoms with Gasteiger partial charge in [-0.25, -0.2) is 4.79 Å². The molecule has 2 amide bonds. The van der Waals surface area contributed by atoms with E-state index < -0.39 is 17.9 Å². The lowest BCUT2D eigenvalue weighted by atomic mass is 10.0. The Bertz CT molecular complexity index is 536. The van der Waals surface area contributed by atoms with Gasteiger partial charge in [0.15, 0.2) is 0 Å². The Kier molecular flexibility index (Phi) is 4.73. The van der Waals surface area contributed by atoms with Gasteiger partial charge in [0.1, 0.15) is 0 Å². The van der Waals surface area contributed by atoms with Crippen LogP contribution in [0.1, 0.15) is 19.3 Å². The van der Waals surface area contributed by atoms with Crippen LogP contribution in [0.5, 0.6) is 0 Å². The molecule has 2 unspecified atom stereocenters. The molecule has 108 valence electrons. The second-order valence-corrected chi connectivity index (χ2v) is 5.47. The number of urea groups is 1. The zero-order valence-corrected chi connectivity index (χ0v) is 12.0. The van der Waals surface area contributed by atoms with E-state index in [0.717, 1.165) is 6.42 Å². The minimum absolute atomic E-state index is 0.255. The van der Waals surface area contributed by atoms with Crippen molar-refractivity contribution in [2.75, 3.05) is 5.32 Å². The van der Waals surface area contributed by atoms with Crippen LogP contribution in [0.4, 0.5) is 10.5 Å². The summed E-state index contributed by atoms with van der Waals surface area (Å²) in [4.78, 5) is 22.9. The predicted octanol–water partition coefficient (Wildman–Crippen LogP) is 3.37. The van der Waals surface area contributed by atoms with Gasteiger partial charge in [-0.15, -0.1) is 0 Å². The van der Waals surface area contributed by atoms with E-state index in [-0.39, 0.29) is 11.1 Å². The van der Waals surface area contributed by atoms with Gasteiger partial charge in [-0.3, -0.25) is 4.79 Å². The third-order valence-corrected chi connectivity index (χ3v) is 4.17. The van der Waals surface area contributed by atoms with Crippen LogP contribution in [0.3, 0.4) is 0 Å². The zero-order valence-electron chi connectivity index (χ0n) is 10.5. The molecule has 0 bridgehead atoms. The first-order chi connectivity index (χ1) is 9.49. The highest BCUT2D eigenvalue weighted by Gasteiger charge is 2.33. The molecule has 2 atom stereocenters. The quantitative estimate of drug-likeness (QED) is 0.800. The van der Waals surface area contributed by atoms with Gasteiger partial charge in [-0.2, -0.15) is 0 Å². The Morgan fingerprint density at radius 3 is 2.70 bits per heavy atom. The van der Waals surface area contributed by atoms with Gasteiger partial charge in [0.2, 0.25) is 0 Å². The van der Waals surface area contributed by atoms with Crippen molar-refractivity contribution < 1.29 is 14.7 Å². The normalized spacial score (nSPS) is 21.5. The number of carbonyl (C=O) groups is 2. The van der Waals surface area contributed by atoms with Gasteiger partial charge in [0.05, 0.1) is 21.7 Å². The summed E-state index contributed by atoms with van der Waals surface area (Å²) < 4.78 is 0. The molecule has 0 saturated heterocycles. The van der Waals surface area contributed by atoms with Crippen molar-refractivity contribution in [1.29, 1.82) is 0 Å². The largest absolute Gasteiger partial charge is 0.481 e. The molecule has 0 heterocycles. The fourth-order valence-electron chi connectivity index (χ4n) is 2.36. The van der Waals surface area contributed by atoms with Crippen LogP contribution in [0.2, 0.25) is 10.0 Å². The summed E-state index contributed by atoms with van der Waals surface area (Å²) in [5.41, 5.74) is 0.390. The maximum Gasteiger partial charge on any atom is 0.319 e. The molecule has 0 radical (unpaired) electrons. The SMILES string of the molecule is O=C(Nc1cccc(Cl)c1Cl)NC1CCCC1C(=O)O. The topological polar surface area (TPSA) is 78.4 Å². The molecule has 1 saturated carbocycles. The standard InChI is InChI=1S/C13H14Cl2N2O3/c14-8-4-2-6-10(11(8)15)17-13(20)16-9-5-1-3-7(9)12(18)19/h2,4,6-7,9H,1,3,5H2,(H,18,19)(H2,16,17,20). The monoisotopic (exact) mass is 316 g/mol. The molecule has 5 nitrogen and oxygen atoms in total.